The number of nitrogens with one attached hydrogen (secondary N) is 1. The molecule has 4 heteroatoms. The molecular weight excluding hydrogens is 306 g/mol. The van der Waals surface area contributed by atoms with Crippen LogP contribution in [0.1, 0.15) is 6.92 Å². The number of ether oxygens (including phenoxy) is 1. The van der Waals surface area contributed by atoms with Crippen LogP contribution in [0, 0.1) is 0 Å². The quantitative estimate of drug-likeness (QED) is 0.929. The number of benzene rings is 2. The summed E-state index contributed by atoms with van der Waals surface area (Å²) in [4.78, 5) is 12.0. The van der Waals surface area contributed by atoms with Gasteiger partial charge in [-0.1, -0.05) is 30.3 Å². The summed E-state index contributed by atoms with van der Waals surface area (Å²) < 4.78 is 6.40. The maximum Gasteiger partial charge on any atom is 0.265 e. The first-order valence-corrected chi connectivity index (χ1v) is 6.73. The molecule has 0 spiro atoms. The van der Waals surface area contributed by atoms with Gasteiger partial charge >= 0.3 is 0 Å². The first-order chi connectivity index (χ1) is 9.16. The fraction of sp³-hybridized carbons (Fsp3) is 0.133. The Kier molecular flexibility index (Phi) is 4.58. The lowest BCUT2D eigenvalue weighted by Crippen LogP contribution is -2.30. The number of anilines is 1. The molecule has 0 aliphatic heterocycles. The average Bonchev–Trinajstić information content (AvgIpc) is 2.42. The van der Waals surface area contributed by atoms with Crippen molar-refractivity contribution in [3.8, 4) is 5.75 Å². The van der Waals surface area contributed by atoms with Crippen LogP contribution in [0.2, 0.25) is 0 Å². The van der Waals surface area contributed by atoms with E-state index in [0.29, 0.717) is 5.75 Å². The topological polar surface area (TPSA) is 38.3 Å². The van der Waals surface area contributed by atoms with Gasteiger partial charge < -0.3 is 10.1 Å². The molecule has 1 N–H and O–H groups in total. The van der Waals surface area contributed by atoms with E-state index in [1.807, 2.05) is 54.6 Å². The summed E-state index contributed by atoms with van der Waals surface area (Å²) in [6.07, 6.45) is -0.561. The molecule has 0 aliphatic rings. The number of halogens is 1. The average molecular weight is 320 g/mol. The van der Waals surface area contributed by atoms with Gasteiger partial charge in [0.25, 0.3) is 5.91 Å². The van der Waals surface area contributed by atoms with Crippen LogP contribution in [0.4, 0.5) is 5.69 Å². The van der Waals surface area contributed by atoms with E-state index in [4.69, 9.17) is 4.74 Å². The Hall–Kier alpha value is -1.81. The van der Waals surface area contributed by atoms with Gasteiger partial charge in [-0.2, -0.15) is 0 Å². The number of amides is 1. The molecule has 0 aromatic heterocycles. The Morgan fingerprint density at radius 2 is 1.74 bits per heavy atom. The van der Waals surface area contributed by atoms with Gasteiger partial charge in [0.1, 0.15) is 5.75 Å². The van der Waals surface area contributed by atoms with Gasteiger partial charge in [0.15, 0.2) is 6.10 Å². The fourth-order valence-corrected chi connectivity index (χ4v) is 1.94. The van der Waals surface area contributed by atoms with Gasteiger partial charge in [0, 0.05) is 4.47 Å². The highest BCUT2D eigenvalue weighted by Gasteiger charge is 2.15. The van der Waals surface area contributed by atoms with Crippen LogP contribution in [0.25, 0.3) is 0 Å². The van der Waals surface area contributed by atoms with Crippen molar-refractivity contribution >= 4 is 27.5 Å². The van der Waals surface area contributed by atoms with Gasteiger partial charge in [0.05, 0.1) is 5.69 Å². The number of carbonyl (C=O) groups excluding carboxylic acids is 1. The van der Waals surface area contributed by atoms with E-state index in [2.05, 4.69) is 21.2 Å². The van der Waals surface area contributed by atoms with Crippen molar-refractivity contribution in [2.75, 3.05) is 5.32 Å². The molecule has 0 fully saturated rings. The summed E-state index contributed by atoms with van der Waals surface area (Å²) in [5.74, 6) is 0.494. The van der Waals surface area contributed by atoms with Crippen molar-refractivity contribution in [2.24, 2.45) is 0 Å². The van der Waals surface area contributed by atoms with Crippen molar-refractivity contribution < 1.29 is 9.53 Å². The normalized spacial score (nSPS) is 11.7. The number of hydrogen-bond donors (Lipinski definition) is 1. The molecule has 0 aliphatic carbocycles. The summed E-state index contributed by atoms with van der Waals surface area (Å²) >= 11 is 3.39. The van der Waals surface area contributed by atoms with Crippen LogP contribution in [0.3, 0.4) is 0 Å². The summed E-state index contributed by atoms with van der Waals surface area (Å²) in [5.41, 5.74) is 0.732. The summed E-state index contributed by atoms with van der Waals surface area (Å²) in [6, 6.07) is 16.7. The largest absolute Gasteiger partial charge is 0.481 e. The molecule has 19 heavy (non-hydrogen) atoms. The van der Waals surface area contributed by atoms with E-state index in [1.54, 1.807) is 6.92 Å². The Bertz CT molecular complexity index is 557. The lowest BCUT2D eigenvalue weighted by molar-refractivity contribution is -0.122. The molecule has 0 saturated heterocycles. The van der Waals surface area contributed by atoms with Gasteiger partial charge in [-0.25, -0.2) is 0 Å². The minimum Gasteiger partial charge on any atom is -0.481 e. The van der Waals surface area contributed by atoms with Gasteiger partial charge in [-0.3, -0.25) is 4.79 Å². The molecule has 0 saturated carbocycles. The minimum atomic E-state index is -0.561. The Morgan fingerprint density at radius 3 is 2.42 bits per heavy atom. The third kappa shape index (κ3) is 3.83. The Balaban J connectivity index is 1.99. The van der Waals surface area contributed by atoms with E-state index in [0.717, 1.165) is 10.2 Å². The number of carbonyl (C=O) groups is 1. The van der Waals surface area contributed by atoms with E-state index in [1.165, 1.54) is 0 Å². The summed E-state index contributed by atoms with van der Waals surface area (Å²) in [5, 5.41) is 2.82. The lowest BCUT2D eigenvalue weighted by Gasteiger charge is -2.15. The smallest absolute Gasteiger partial charge is 0.265 e. The second-order valence-electron chi connectivity index (χ2n) is 4.04. The zero-order chi connectivity index (χ0) is 13.7. The third-order valence-corrected chi connectivity index (χ3v) is 3.25. The summed E-state index contributed by atoms with van der Waals surface area (Å²) in [6.45, 7) is 1.72. The van der Waals surface area contributed by atoms with Crippen molar-refractivity contribution in [3.05, 3.63) is 59.1 Å². The molecule has 3 nitrogen and oxygen atoms in total. The first kappa shape index (κ1) is 13.6. The number of para-hydroxylation sites is 2. The standard InChI is InChI=1S/C15H14BrNO2/c1-11(19-12-7-3-2-4-8-12)15(18)17-14-10-6-5-9-13(14)16/h2-11H,1H3,(H,17,18)/t11-/m0/s1. The molecule has 0 radical (unpaired) electrons. The first-order valence-electron chi connectivity index (χ1n) is 5.94. The van der Waals surface area contributed by atoms with Gasteiger partial charge in [0.2, 0.25) is 0 Å². The Labute approximate surface area is 120 Å². The number of hydrogen-bond acceptors (Lipinski definition) is 2. The van der Waals surface area contributed by atoms with Crippen LogP contribution in [-0.2, 0) is 4.79 Å². The van der Waals surface area contributed by atoms with Crippen molar-refractivity contribution in [1.29, 1.82) is 0 Å². The third-order valence-electron chi connectivity index (χ3n) is 2.56. The highest BCUT2D eigenvalue weighted by atomic mass is 79.9. The molecule has 98 valence electrons. The molecule has 0 heterocycles. The van der Waals surface area contributed by atoms with Gasteiger partial charge in [-0.15, -0.1) is 0 Å². The van der Waals surface area contributed by atoms with E-state index in [9.17, 15) is 4.79 Å². The van der Waals surface area contributed by atoms with Crippen LogP contribution in [-0.4, -0.2) is 12.0 Å². The zero-order valence-corrected chi connectivity index (χ0v) is 12.1. The highest BCUT2D eigenvalue weighted by molar-refractivity contribution is 9.10. The Morgan fingerprint density at radius 1 is 1.11 bits per heavy atom. The molecule has 2 rings (SSSR count). The van der Waals surface area contributed by atoms with Crippen molar-refractivity contribution in [2.45, 2.75) is 13.0 Å². The van der Waals surface area contributed by atoms with E-state index in [-0.39, 0.29) is 5.91 Å². The predicted molar refractivity (Wildman–Crippen MR) is 79.3 cm³/mol. The zero-order valence-electron chi connectivity index (χ0n) is 10.5. The molecule has 2 aromatic rings. The fourth-order valence-electron chi connectivity index (χ4n) is 1.55. The molecule has 1 atom stereocenters. The van der Waals surface area contributed by atoms with Crippen molar-refractivity contribution in [3.63, 3.8) is 0 Å². The highest BCUT2D eigenvalue weighted by Crippen LogP contribution is 2.21. The number of rotatable bonds is 4. The second kappa shape index (κ2) is 6.38. The van der Waals surface area contributed by atoms with Crippen LogP contribution in [0.5, 0.6) is 5.75 Å². The van der Waals surface area contributed by atoms with Crippen LogP contribution >= 0.6 is 15.9 Å². The predicted octanol–water partition coefficient (Wildman–Crippen LogP) is 3.86. The molecule has 1 amide bonds. The van der Waals surface area contributed by atoms with Crippen LogP contribution in [0.15, 0.2) is 59.1 Å². The SMILES string of the molecule is C[C@H](Oc1ccccc1)C(=O)Nc1ccccc1Br. The molecular formula is C15H14BrNO2. The van der Waals surface area contributed by atoms with Crippen molar-refractivity contribution in [1.82, 2.24) is 0 Å². The van der Waals surface area contributed by atoms with Gasteiger partial charge in [-0.05, 0) is 47.1 Å². The second-order valence-corrected chi connectivity index (χ2v) is 4.90. The molecule has 0 unspecified atom stereocenters. The molecule has 2 aromatic carbocycles. The molecule has 0 bridgehead atoms. The van der Waals surface area contributed by atoms with Crippen LogP contribution < -0.4 is 10.1 Å². The van der Waals surface area contributed by atoms with E-state index < -0.39 is 6.10 Å². The maximum absolute atomic E-state index is 12.0. The van der Waals surface area contributed by atoms with E-state index >= 15 is 0 Å². The maximum atomic E-state index is 12.0. The monoisotopic (exact) mass is 319 g/mol. The lowest BCUT2D eigenvalue weighted by atomic mass is 10.3. The summed E-state index contributed by atoms with van der Waals surface area (Å²) in [7, 11) is 0. The minimum absolute atomic E-state index is 0.184.